The summed E-state index contributed by atoms with van der Waals surface area (Å²) in [7, 11) is 0. The lowest BCUT2D eigenvalue weighted by atomic mass is 9.80. The molecule has 1 aromatic carbocycles. The molecule has 0 bridgehead atoms. The van der Waals surface area contributed by atoms with Gasteiger partial charge in [-0.2, -0.15) is 9.97 Å². The number of hydrogen-bond donors (Lipinski definition) is 0. The van der Waals surface area contributed by atoms with Crippen molar-refractivity contribution in [1.82, 2.24) is 20.3 Å². The molecule has 202 valence electrons. The van der Waals surface area contributed by atoms with Gasteiger partial charge in [0.1, 0.15) is 0 Å². The van der Waals surface area contributed by atoms with E-state index in [9.17, 15) is 13.6 Å². The quantitative estimate of drug-likeness (QED) is 0.260. The lowest BCUT2D eigenvalue weighted by Crippen LogP contribution is -2.47. The van der Waals surface area contributed by atoms with E-state index in [1.165, 1.54) is 25.7 Å². The van der Waals surface area contributed by atoms with Gasteiger partial charge < -0.3 is 13.9 Å². The molecular weight excluding hydrogens is 492 g/mol. The minimum atomic E-state index is -2.75. The molecule has 8 nitrogen and oxygen atoms in total. The van der Waals surface area contributed by atoms with Crippen LogP contribution >= 0.6 is 0 Å². The molecule has 10 heteroatoms. The van der Waals surface area contributed by atoms with Crippen molar-refractivity contribution in [3.63, 3.8) is 0 Å². The van der Waals surface area contributed by atoms with E-state index in [0.29, 0.717) is 53.7 Å². The molecule has 0 aliphatic heterocycles. The van der Waals surface area contributed by atoms with Crippen molar-refractivity contribution < 1.29 is 22.6 Å². The van der Waals surface area contributed by atoms with Crippen molar-refractivity contribution in [2.75, 3.05) is 11.4 Å². The molecule has 2 heterocycles. The number of carbonyl (C=O) groups is 1. The van der Waals surface area contributed by atoms with Gasteiger partial charge in [-0.15, -0.1) is 0 Å². The molecule has 0 spiro atoms. The molecular formula is C28H33F2N5O3. The standard InChI is InChI=1S/C28H33F2N5O3/c29-28(30)16-21(17-28)27(36)35(12-3-1-2-7-25-31-23(33-37-25)13-18-8-9-18)22-6-4-5-20(15-22)26-32-24(34-38-26)14-19-10-11-19/h4-6,15,18-19,21H,1-3,7-14,16-17H2. The molecule has 38 heavy (non-hydrogen) atoms. The van der Waals surface area contributed by atoms with Crippen LogP contribution < -0.4 is 4.90 Å². The van der Waals surface area contributed by atoms with Crippen LogP contribution in [0.15, 0.2) is 33.3 Å². The average molecular weight is 526 g/mol. The second kappa shape index (κ2) is 10.5. The van der Waals surface area contributed by atoms with Crippen LogP contribution in [0.25, 0.3) is 11.5 Å². The Morgan fingerprint density at radius 2 is 1.66 bits per heavy atom. The number of unbranched alkanes of at least 4 members (excludes halogenated alkanes) is 2. The molecule has 0 unspecified atom stereocenters. The summed E-state index contributed by atoms with van der Waals surface area (Å²) in [5, 5.41) is 8.16. The van der Waals surface area contributed by atoms with E-state index in [2.05, 4.69) is 20.3 Å². The smallest absolute Gasteiger partial charge is 0.257 e. The number of benzene rings is 1. The molecule has 3 fully saturated rings. The number of carbonyl (C=O) groups excluding carboxylic acids is 1. The van der Waals surface area contributed by atoms with Crippen molar-refractivity contribution in [3.05, 3.63) is 41.8 Å². The van der Waals surface area contributed by atoms with Gasteiger partial charge in [-0.25, -0.2) is 8.78 Å². The summed E-state index contributed by atoms with van der Waals surface area (Å²) in [5.41, 5.74) is 1.37. The molecule has 1 amide bonds. The number of amides is 1. The summed E-state index contributed by atoms with van der Waals surface area (Å²) < 4.78 is 38.0. The average Bonchev–Trinajstić information content (AvgIpc) is 3.79. The Morgan fingerprint density at radius 3 is 2.37 bits per heavy atom. The SMILES string of the molecule is O=C(C1CC(F)(F)C1)N(CCCCCc1nc(CC2CC2)no1)c1cccc(-c2nc(CC3CC3)no2)c1. The van der Waals surface area contributed by atoms with Gasteiger partial charge >= 0.3 is 0 Å². The number of aryl methyl sites for hydroxylation is 1. The Hall–Kier alpha value is -3.17. The van der Waals surface area contributed by atoms with Crippen LogP contribution in [0.2, 0.25) is 0 Å². The number of hydrogen-bond acceptors (Lipinski definition) is 7. The van der Waals surface area contributed by atoms with Gasteiger partial charge in [0.15, 0.2) is 11.6 Å². The van der Waals surface area contributed by atoms with E-state index >= 15 is 0 Å². The molecule has 2 aromatic heterocycles. The Labute approximate surface area is 220 Å². The Kier molecular flexibility index (Phi) is 6.97. The topological polar surface area (TPSA) is 98.2 Å². The molecule has 6 rings (SSSR count). The minimum absolute atomic E-state index is 0.255. The highest BCUT2D eigenvalue weighted by molar-refractivity contribution is 5.96. The van der Waals surface area contributed by atoms with Crippen molar-refractivity contribution in [2.24, 2.45) is 17.8 Å². The van der Waals surface area contributed by atoms with Crippen LogP contribution in [0.3, 0.4) is 0 Å². The monoisotopic (exact) mass is 525 g/mol. The fraction of sp³-hybridized carbons (Fsp3) is 0.607. The number of alkyl halides is 2. The Balaban J connectivity index is 1.08. The zero-order valence-corrected chi connectivity index (χ0v) is 21.5. The number of rotatable bonds is 13. The number of halogens is 2. The van der Waals surface area contributed by atoms with E-state index in [1.807, 2.05) is 24.3 Å². The fourth-order valence-electron chi connectivity index (χ4n) is 5.04. The Morgan fingerprint density at radius 1 is 0.947 bits per heavy atom. The molecule has 3 saturated carbocycles. The molecule has 3 aliphatic rings. The van der Waals surface area contributed by atoms with Crippen LogP contribution in [0, 0.1) is 17.8 Å². The van der Waals surface area contributed by atoms with E-state index < -0.39 is 24.7 Å². The number of nitrogens with zero attached hydrogens (tertiary/aromatic N) is 5. The molecule has 0 radical (unpaired) electrons. The van der Waals surface area contributed by atoms with Gasteiger partial charge in [-0.3, -0.25) is 4.79 Å². The lowest BCUT2D eigenvalue weighted by molar-refractivity contribution is -0.147. The van der Waals surface area contributed by atoms with Crippen molar-refractivity contribution in [3.8, 4) is 11.5 Å². The summed E-state index contributed by atoms with van der Waals surface area (Å²) in [5.74, 6) is 0.228. The van der Waals surface area contributed by atoms with Gasteiger partial charge in [0, 0.05) is 55.8 Å². The predicted molar refractivity (Wildman–Crippen MR) is 134 cm³/mol. The second-order valence-electron chi connectivity index (χ2n) is 11.2. The van der Waals surface area contributed by atoms with Crippen LogP contribution in [0.4, 0.5) is 14.5 Å². The predicted octanol–water partition coefficient (Wildman–Crippen LogP) is 5.82. The first-order valence-corrected chi connectivity index (χ1v) is 13.9. The van der Waals surface area contributed by atoms with Crippen LogP contribution in [0.1, 0.15) is 75.3 Å². The first kappa shape index (κ1) is 25.1. The van der Waals surface area contributed by atoms with E-state index in [1.54, 1.807) is 4.90 Å². The van der Waals surface area contributed by atoms with E-state index in [4.69, 9.17) is 9.05 Å². The lowest BCUT2D eigenvalue weighted by Gasteiger charge is -2.37. The van der Waals surface area contributed by atoms with Crippen LogP contribution in [-0.4, -0.2) is 38.7 Å². The Bertz CT molecular complexity index is 1260. The summed E-state index contributed by atoms with van der Waals surface area (Å²) in [6, 6.07) is 7.36. The maximum Gasteiger partial charge on any atom is 0.257 e. The number of anilines is 1. The summed E-state index contributed by atoms with van der Waals surface area (Å²) in [6.45, 7) is 0.442. The summed E-state index contributed by atoms with van der Waals surface area (Å²) in [4.78, 5) is 23.9. The fourth-order valence-corrected chi connectivity index (χ4v) is 5.04. The highest BCUT2D eigenvalue weighted by Gasteiger charge is 2.50. The highest BCUT2D eigenvalue weighted by Crippen LogP contribution is 2.44. The maximum atomic E-state index is 13.6. The second-order valence-corrected chi connectivity index (χ2v) is 11.2. The highest BCUT2D eigenvalue weighted by atomic mass is 19.3. The molecule has 0 saturated heterocycles. The third kappa shape index (κ3) is 6.27. The zero-order valence-electron chi connectivity index (χ0n) is 21.5. The van der Waals surface area contributed by atoms with Crippen molar-refractivity contribution in [2.45, 2.75) is 83.0 Å². The minimum Gasteiger partial charge on any atom is -0.339 e. The van der Waals surface area contributed by atoms with Crippen molar-refractivity contribution >= 4 is 11.6 Å². The summed E-state index contributed by atoms with van der Waals surface area (Å²) >= 11 is 0. The third-order valence-corrected chi connectivity index (χ3v) is 7.70. The maximum absolute atomic E-state index is 13.6. The van der Waals surface area contributed by atoms with Gasteiger partial charge in [0.05, 0.1) is 0 Å². The van der Waals surface area contributed by atoms with Gasteiger partial charge in [-0.1, -0.05) is 22.8 Å². The van der Waals surface area contributed by atoms with Gasteiger partial charge in [0.25, 0.3) is 5.89 Å². The molecule has 0 N–H and O–H groups in total. The van der Waals surface area contributed by atoms with Crippen LogP contribution in [-0.2, 0) is 24.1 Å². The van der Waals surface area contributed by atoms with E-state index in [0.717, 1.165) is 37.9 Å². The molecule has 0 atom stereocenters. The third-order valence-electron chi connectivity index (χ3n) is 7.70. The van der Waals surface area contributed by atoms with Gasteiger partial charge in [-0.05, 0) is 68.6 Å². The zero-order chi connectivity index (χ0) is 26.1. The molecule has 3 aromatic rings. The molecule has 3 aliphatic carbocycles. The number of aromatic nitrogens is 4. The largest absolute Gasteiger partial charge is 0.339 e. The van der Waals surface area contributed by atoms with Crippen molar-refractivity contribution in [1.29, 1.82) is 0 Å². The van der Waals surface area contributed by atoms with E-state index in [-0.39, 0.29) is 5.91 Å². The van der Waals surface area contributed by atoms with Crippen LogP contribution in [0.5, 0.6) is 0 Å². The summed E-state index contributed by atoms with van der Waals surface area (Å²) in [6.07, 6.45) is 8.94. The van der Waals surface area contributed by atoms with Gasteiger partial charge in [0.2, 0.25) is 17.7 Å². The first-order chi connectivity index (χ1) is 18.4. The first-order valence-electron chi connectivity index (χ1n) is 13.9. The normalized spacial score (nSPS) is 18.9.